The highest BCUT2D eigenvalue weighted by atomic mass is 16.7. The summed E-state index contributed by atoms with van der Waals surface area (Å²) in [6, 6.07) is 0. The first-order valence-electron chi connectivity index (χ1n) is 6.02. The summed E-state index contributed by atoms with van der Waals surface area (Å²) in [5.41, 5.74) is 2.21. The highest BCUT2D eigenvalue weighted by Gasteiger charge is 2.03. The normalized spacial score (nSPS) is 10.0. The number of hydrogen-bond donors (Lipinski definition) is 3. The Morgan fingerprint density at radius 1 is 1.12 bits per heavy atom. The van der Waals surface area contributed by atoms with Gasteiger partial charge in [0.15, 0.2) is 6.61 Å². The summed E-state index contributed by atoms with van der Waals surface area (Å²) in [5, 5.41) is 5.55. The van der Waals surface area contributed by atoms with Crippen LogP contribution in [0.2, 0.25) is 0 Å². The van der Waals surface area contributed by atoms with Crippen molar-refractivity contribution in [2.45, 2.75) is 32.6 Å². The van der Waals surface area contributed by atoms with E-state index in [1.54, 1.807) is 7.05 Å². The predicted molar refractivity (Wildman–Crippen MR) is 65.2 cm³/mol. The Morgan fingerprint density at radius 3 is 2.53 bits per heavy atom. The van der Waals surface area contributed by atoms with Crippen LogP contribution in [0, 0.1) is 0 Å². The molecule has 0 aliphatic heterocycles. The van der Waals surface area contributed by atoms with E-state index in [2.05, 4.69) is 23.0 Å². The lowest BCUT2D eigenvalue weighted by molar-refractivity contribution is -0.139. The van der Waals surface area contributed by atoms with Crippen LogP contribution >= 0.6 is 0 Å². The molecule has 100 valence electrons. The van der Waals surface area contributed by atoms with Gasteiger partial charge in [0.25, 0.3) is 0 Å². The minimum atomic E-state index is -0.238. The van der Waals surface area contributed by atoms with Gasteiger partial charge in [-0.05, 0) is 13.5 Å². The van der Waals surface area contributed by atoms with E-state index < -0.39 is 0 Å². The van der Waals surface area contributed by atoms with E-state index in [1.807, 2.05) is 0 Å². The first-order valence-corrected chi connectivity index (χ1v) is 6.02. The standard InChI is InChI=1S/C11H23N3O3/c1-3-4-5-7-13-11(16)9-17-14-10(15)6-8-12-2/h12H,3-9H2,1-2H3,(H,13,16)(H,14,15). The van der Waals surface area contributed by atoms with E-state index in [0.717, 1.165) is 19.3 Å². The molecule has 0 fully saturated rings. The molecule has 0 aromatic rings. The zero-order valence-electron chi connectivity index (χ0n) is 10.7. The monoisotopic (exact) mass is 245 g/mol. The lowest BCUT2D eigenvalue weighted by atomic mass is 10.2. The number of nitrogens with one attached hydrogen (secondary N) is 3. The molecule has 0 bridgehead atoms. The Morgan fingerprint density at radius 2 is 1.88 bits per heavy atom. The molecule has 3 N–H and O–H groups in total. The van der Waals surface area contributed by atoms with Gasteiger partial charge in [-0.2, -0.15) is 0 Å². The molecule has 6 nitrogen and oxygen atoms in total. The van der Waals surface area contributed by atoms with Crippen LogP contribution in [-0.4, -0.2) is 38.6 Å². The average molecular weight is 245 g/mol. The van der Waals surface area contributed by atoms with Crippen molar-refractivity contribution >= 4 is 11.8 Å². The van der Waals surface area contributed by atoms with Crippen molar-refractivity contribution in [1.82, 2.24) is 16.1 Å². The molecule has 17 heavy (non-hydrogen) atoms. The summed E-state index contributed by atoms with van der Waals surface area (Å²) < 4.78 is 0. The third kappa shape index (κ3) is 11.1. The number of hydrogen-bond acceptors (Lipinski definition) is 4. The molecule has 0 saturated heterocycles. The molecule has 0 atom stereocenters. The molecule has 0 aromatic heterocycles. The summed E-state index contributed by atoms with van der Waals surface area (Å²) in [6.45, 7) is 3.20. The van der Waals surface area contributed by atoms with Gasteiger partial charge in [0.1, 0.15) is 0 Å². The van der Waals surface area contributed by atoms with Gasteiger partial charge in [-0.25, -0.2) is 5.48 Å². The van der Waals surface area contributed by atoms with Crippen molar-refractivity contribution in [3.05, 3.63) is 0 Å². The van der Waals surface area contributed by atoms with Crippen LogP contribution in [0.4, 0.5) is 0 Å². The van der Waals surface area contributed by atoms with Crippen molar-refractivity contribution in [2.75, 3.05) is 26.7 Å². The molecule has 0 saturated carbocycles. The minimum Gasteiger partial charge on any atom is -0.354 e. The lowest BCUT2D eigenvalue weighted by Gasteiger charge is -2.06. The Bertz CT molecular complexity index is 222. The molecule has 0 rings (SSSR count). The summed E-state index contributed by atoms with van der Waals surface area (Å²) in [4.78, 5) is 27.0. The smallest absolute Gasteiger partial charge is 0.248 e. The fourth-order valence-corrected chi connectivity index (χ4v) is 1.13. The van der Waals surface area contributed by atoms with E-state index in [0.29, 0.717) is 19.5 Å². The second kappa shape index (κ2) is 11.3. The van der Waals surface area contributed by atoms with Gasteiger partial charge in [0.2, 0.25) is 11.8 Å². The van der Waals surface area contributed by atoms with Gasteiger partial charge in [0, 0.05) is 19.5 Å². The van der Waals surface area contributed by atoms with Crippen LogP contribution in [0.1, 0.15) is 32.6 Å². The van der Waals surface area contributed by atoms with Crippen LogP contribution in [0.3, 0.4) is 0 Å². The topological polar surface area (TPSA) is 79.5 Å². The van der Waals surface area contributed by atoms with Gasteiger partial charge >= 0.3 is 0 Å². The highest BCUT2D eigenvalue weighted by Crippen LogP contribution is 1.90. The SMILES string of the molecule is CCCCCNC(=O)CONC(=O)CCNC. The van der Waals surface area contributed by atoms with Crippen molar-refractivity contribution in [3.63, 3.8) is 0 Å². The maximum Gasteiger partial charge on any atom is 0.248 e. The summed E-state index contributed by atoms with van der Waals surface area (Å²) >= 11 is 0. The number of unbranched alkanes of at least 4 members (excludes halogenated alkanes) is 2. The van der Waals surface area contributed by atoms with Crippen molar-refractivity contribution in [1.29, 1.82) is 0 Å². The molecule has 0 spiro atoms. The highest BCUT2D eigenvalue weighted by molar-refractivity contribution is 5.78. The van der Waals surface area contributed by atoms with E-state index in [9.17, 15) is 9.59 Å². The molecule has 0 aliphatic rings. The Kier molecular flexibility index (Phi) is 10.6. The summed E-state index contributed by atoms with van der Waals surface area (Å²) in [6.07, 6.45) is 3.52. The molecule has 2 amide bonds. The zero-order chi connectivity index (χ0) is 12.9. The number of amides is 2. The van der Waals surface area contributed by atoms with Gasteiger partial charge in [-0.1, -0.05) is 19.8 Å². The van der Waals surface area contributed by atoms with Gasteiger partial charge in [-0.15, -0.1) is 0 Å². The molecule has 0 unspecified atom stereocenters. The van der Waals surface area contributed by atoms with Crippen molar-refractivity contribution < 1.29 is 14.4 Å². The van der Waals surface area contributed by atoms with Gasteiger partial charge in [0.05, 0.1) is 0 Å². The summed E-state index contributed by atoms with van der Waals surface area (Å²) in [7, 11) is 1.76. The fraction of sp³-hybridized carbons (Fsp3) is 0.818. The van der Waals surface area contributed by atoms with Crippen molar-refractivity contribution in [2.24, 2.45) is 0 Å². The molecule has 0 aromatic carbocycles. The maximum absolute atomic E-state index is 11.2. The Labute approximate surface area is 102 Å². The second-order valence-corrected chi connectivity index (χ2v) is 3.72. The van der Waals surface area contributed by atoms with Crippen LogP contribution < -0.4 is 16.1 Å². The Hall–Kier alpha value is -1.14. The van der Waals surface area contributed by atoms with Gasteiger partial charge in [-0.3, -0.25) is 14.4 Å². The molecule has 0 radical (unpaired) electrons. The summed E-state index contributed by atoms with van der Waals surface area (Å²) in [5.74, 6) is -0.451. The van der Waals surface area contributed by atoms with E-state index in [4.69, 9.17) is 4.84 Å². The lowest BCUT2D eigenvalue weighted by Crippen LogP contribution is -2.34. The number of carbonyl (C=O) groups is 2. The second-order valence-electron chi connectivity index (χ2n) is 3.72. The maximum atomic E-state index is 11.2. The van der Waals surface area contributed by atoms with E-state index in [-0.39, 0.29) is 18.4 Å². The van der Waals surface area contributed by atoms with Crippen LogP contribution in [0.15, 0.2) is 0 Å². The molecular weight excluding hydrogens is 222 g/mol. The third-order valence-corrected chi connectivity index (χ3v) is 2.09. The minimum absolute atomic E-state index is 0.141. The number of carbonyl (C=O) groups excluding carboxylic acids is 2. The zero-order valence-corrected chi connectivity index (χ0v) is 10.7. The molecular formula is C11H23N3O3. The third-order valence-electron chi connectivity index (χ3n) is 2.09. The predicted octanol–water partition coefficient (Wildman–Crippen LogP) is -0.0499. The van der Waals surface area contributed by atoms with Gasteiger partial charge < -0.3 is 10.6 Å². The number of hydroxylamine groups is 1. The molecule has 6 heteroatoms. The quantitative estimate of drug-likeness (QED) is 0.372. The first-order chi connectivity index (χ1) is 8.20. The number of rotatable bonds is 10. The largest absolute Gasteiger partial charge is 0.354 e. The average Bonchev–Trinajstić information content (AvgIpc) is 2.32. The fourth-order valence-electron chi connectivity index (χ4n) is 1.13. The van der Waals surface area contributed by atoms with E-state index >= 15 is 0 Å². The van der Waals surface area contributed by atoms with Crippen LogP contribution in [0.25, 0.3) is 0 Å². The van der Waals surface area contributed by atoms with Crippen LogP contribution in [0.5, 0.6) is 0 Å². The van der Waals surface area contributed by atoms with Crippen molar-refractivity contribution in [3.8, 4) is 0 Å². The molecule has 0 heterocycles. The van der Waals surface area contributed by atoms with Crippen LogP contribution in [-0.2, 0) is 14.4 Å². The first kappa shape index (κ1) is 15.9. The Balaban J connectivity index is 3.35. The molecule has 0 aliphatic carbocycles. The van der Waals surface area contributed by atoms with E-state index in [1.165, 1.54) is 0 Å².